The second-order valence-electron chi connectivity index (χ2n) is 4.77. The van der Waals surface area contributed by atoms with E-state index in [-0.39, 0.29) is 6.10 Å². The standard InChI is InChI=1S/C14H18N4O/c15-9-12-14(13-7-4-8-19-13)18(17-16-12)10-11-5-2-1-3-6-11/h1-3,5-6,13H,4,7-10,15H2. The average Bonchev–Trinajstić information content (AvgIpc) is 3.08. The molecule has 2 N–H and O–H groups in total. The first-order valence-electron chi connectivity index (χ1n) is 6.66. The average molecular weight is 258 g/mol. The maximum atomic E-state index is 5.76. The lowest BCUT2D eigenvalue weighted by molar-refractivity contribution is 0.104. The van der Waals surface area contributed by atoms with Gasteiger partial charge in [0, 0.05) is 13.2 Å². The minimum Gasteiger partial charge on any atom is -0.372 e. The molecule has 1 aromatic heterocycles. The first kappa shape index (κ1) is 12.3. The number of nitrogens with two attached hydrogens (primary N) is 1. The molecule has 1 aromatic carbocycles. The number of ether oxygens (including phenoxy) is 1. The fourth-order valence-corrected chi connectivity index (χ4v) is 2.52. The van der Waals surface area contributed by atoms with Crippen molar-refractivity contribution in [3.05, 3.63) is 47.3 Å². The molecule has 1 aliphatic rings. The van der Waals surface area contributed by atoms with Gasteiger partial charge in [-0.2, -0.15) is 0 Å². The fourth-order valence-electron chi connectivity index (χ4n) is 2.52. The summed E-state index contributed by atoms with van der Waals surface area (Å²) in [6, 6.07) is 10.2. The van der Waals surface area contributed by atoms with E-state index in [0.29, 0.717) is 13.1 Å². The molecule has 0 bridgehead atoms. The van der Waals surface area contributed by atoms with Gasteiger partial charge in [0.15, 0.2) is 0 Å². The summed E-state index contributed by atoms with van der Waals surface area (Å²) >= 11 is 0. The van der Waals surface area contributed by atoms with Gasteiger partial charge in [-0.05, 0) is 18.4 Å². The summed E-state index contributed by atoms with van der Waals surface area (Å²) in [5.41, 5.74) is 8.85. The molecule has 1 unspecified atom stereocenters. The summed E-state index contributed by atoms with van der Waals surface area (Å²) in [6.45, 7) is 1.93. The van der Waals surface area contributed by atoms with Crippen LogP contribution in [-0.4, -0.2) is 21.6 Å². The Morgan fingerprint density at radius 3 is 2.84 bits per heavy atom. The van der Waals surface area contributed by atoms with E-state index < -0.39 is 0 Å². The van der Waals surface area contributed by atoms with Crippen molar-refractivity contribution in [3.8, 4) is 0 Å². The molecule has 5 heteroatoms. The molecule has 0 spiro atoms. The molecule has 2 aromatic rings. The van der Waals surface area contributed by atoms with Crippen LogP contribution in [0.5, 0.6) is 0 Å². The van der Waals surface area contributed by atoms with Crippen molar-refractivity contribution < 1.29 is 4.74 Å². The highest BCUT2D eigenvalue weighted by molar-refractivity contribution is 5.19. The quantitative estimate of drug-likeness (QED) is 0.905. The summed E-state index contributed by atoms with van der Waals surface area (Å²) in [7, 11) is 0. The normalized spacial score (nSPS) is 18.9. The minimum atomic E-state index is 0.0947. The summed E-state index contributed by atoms with van der Waals surface area (Å²) in [6.07, 6.45) is 2.21. The Kier molecular flexibility index (Phi) is 3.57. The van der Waals surface area contributed by atoms with Crippen molar-refractivity contribution in [2.45, 2.75) is 32.0 Å². The third-order valence-corrected chi connectivity index (χ3v) is 3.45. The Balaban J connectivity index is 1.90. The Bertz CT molecular complexity index is 532. The van der Waals surface area contributed by atoms with E-state index in [2.05, 4.69) is 22.4 Å². The monoisotopic (exact) mass is 258 g/mol. The SMILES string of the molecule is NCc1nnn(Cc2ccccc2)c1C1CCCO1. The second-order valence-corrected chi connectivity index (χ2v) is 4.77. The molecule has 0 aliphatic carbocycles. The van der Waals surface area contributed by atoms with Crippen molar-refractivity contribution in [1.29, 1.82) is 0 Å². The zero-order valence-electron chi connectivity index (χ0n) is 10.8. The third-order valence-electron chi connectivity index (χ3n) is 3.45. The van der Waals surface area contributed by atoms with Crippen LogP contribution in [0.2, 0.25) is 0 Å². The Morgan fingerprint density at radius 2 is 2.16 bits per heavy atom. The predicted molar refractivity (Wildman–Crippen MR) is 71.4 cm³/mol. The van der Waals surface area contributed by atoms with Crippen LogP contribution in [-0.2, 0) is 17.8 Å². The summed E-state index contributed by atoms with van der Waals surface area (Å²) in [4.78, 5) is 0. The molecule has 1 atom stereocenters. The first-order chi connectivity index (χ1) is 9.38. The predicted octanol–water partition coefficient (Wildman–Crippen LogP) is 1.64. The maximum absolute atomic E-state index is 5.76. The smallest absolute Gasteiger partial charge is 0.102 e. The summed E-state index contributed by atoms with van der Waals surface area (Å²) in [5, 5.41) is 8.42. The Hall–Kier alpha value is -1.72. The van der Waals surface area contributed by atoms with E-state index in [1.807, 2.05) is 22.9 Å². The third kappa shape index (κ3) is 2.52. The molecule has 1 saturated heterocycles. The van der Waals surface area contributed by atoms with E-state index in [0.717, 1.165) is 30.8 Å². The van der Waals surface area contributed by atoms with E-state index in [1.54, 1.807) is 0 Å². The van der Waals surface area contributed by atoms with Crippen molar-refractivity contribution in [1.82, 2.24) is 15.0 Å². The number of aromatic nitrogens is 3. The largest absolute Gasteiger partial charge is 0.372 e. The van der Waals surface area contributed by atoms with Gasteiger partial charge in [-0.25, -0.2) is 4.68 Å². The molecular formula is C14H18N4O. The number of rotatable bonds is 4. The molecule has 0 amide bonds. The van der Waals surface area contributed by atoms with Crippen LogP contribution >= 0.6 is 0 Å². The zero-order chi connectivity index (χ0) is 13.1. The molecular weight excluding hydrogens is 240 g/mol. The van der Waals surface area contributed by atoms with Crippen LogP contribution in [0, 0.1) is 0 Å². The Morgan fingerprint density at radius 1 is 1.32 bits per heavy atom. The lowest BCUT2D eigenvalue weighted by Gasteiger charge is -2.13. The van der Waals surface area contributed by atoms with Crippen molar-refractivity contribution in [2.24, 2.45) is 5.73 Å². The van der Waals surface area contributed by atoms with Crippen molar-refractivity contribution >= 4 is 0 Å². The van der Waals surface area contributed by atoms with Crippen LogP contribution in [0.15, 0.2) is 30.3 Å². The van der Waals surface area contributed by atoms with Gasteiger partial charge in [-0.1, -0.05) is 35.5 Å². The second kappa shape index (κ2) is 5.50. The highest BCUT2D eigenvalue weighted by atomic mass is 16.5. The molecule has 19 heavy (non-hydrogen) atoms. The van der Waals surface area contributed by atoms with Gasteiger partial charge in [0.05, 0.1) is 12.2 Å². The van der Waals surface area contributed by atoms with Gasteiger partial charge in [-0.15, -0.1) is 5.10 Å². The first-order valence-corrected chi connectivity index (χ1v) is 6.66. The van der Waals surface area contributed by atoms with Gasteiger partial charge in [0.25, 0.3) is 0 Å². The van der Waals surface area contributed by atoms with Crippen LogP contribution in [0.4, 0.5) is 0 Å². The number of hydrogen-bond donors (Lipinski definition) is 1. The van der Waals surface area contributed by atoms with Gasteiger partial charge >= 0.3 is 0 Å². The molecule has 1 aliphatic heterocycles. The molecule has 1 fully saturated rings. The van der Waals surface area contributed by atoms with Gasteiger partial charge in [0.1, 0.15) is 11.8 Å². The minimum absolute atomic E-state index is 0.0947. The highest BCUT2D eigenvalue weighted by Gasteiger charge is 2.25. The molecule has 100 valence electrons. The Labute approximate surface area is 112 Å². The molecule has 2 heterocycles. The van der Waals surface area contributed by atoms with E-state index >= 15 is 0 Å². The van der Waals surface area contributed by atoms with E-state index in [1.165, 1.54) is 5.56 Å². The molecule has 5 nitrogen and oxygen atoms in total. The topological polar surface area (TPSA) is 66.0 Å². The summed E-state index contributed by atoms with van der Waals surface area (Å²) < 4.78 is 7.69. The van der Waals surface area contributed by atoms with Crippen molar-refractivity contribution in [3.63, 3.8) is 0 Å². The zero-order valence-corrected chi connectivity index (χ0v) is 10.8. The van der Waals surface area contributed by atoms with Crippen LogP contribution in [0.3, 0.4) is 0 Å². The maximum Gasteiger partial charge on any atom is 0.102 e. The molecule has 0 radical (unpaired) electrons. The number of hydrogen-bond acceptors (Lipinski definition) is 4. The fraction of sp³-hybridized carbons (Fsp3) is 0.429. The van der Waals surface area contributed by atoms with Crippen molar-refractivity contribution in [2.75, 3.05) is 6.61 Å². The lowest BCUT2D eigenvalue weighted by Crippen LogP contribution is -2.12. The molecule has 3 rings (SSSR count). The van der Waals surface area contributed by atoms with Gasteiger partial charge in [0.2, 0.25) is 0 Å². The van der Waals surface area contributed by atoms with Gasteiger partial charge in [-0.3, -0.25) is 0 Å². The van der Waals surface area contributed by atoms with Crippen LogP contribution in [0.1, 0.15) is 35.9 Å². The number of benzene rings is 1. The lowest BCUT2D eigenvalue weighted by atomic mass is 10.1. The van der Waals surface area contributed by atoms with Crippen LogP contribution in [0.25, 0.3) is 0 Å². The highest BCUT2D eigenvalue weighted by Crippen LogP contribution is 2.30. The van der Waals surface area contributed by atoms with E-state index in [9.17, 15) is 0 Å². The number of nitrogens with zero attached hydrogens (tertiary/aromatic N) is 3. The molecule has 0 saturated carbocycles. The summed E-state index contributed by atoms with van der Waals surface area (Å²) in [5.74, 6) is 0. The van der Waals surface area contributed by atoms with E-state index in [4.69, 9.17) is 10.5 Å². The van der Waals surface area contributed by atoms with Crippen LogP contribution < -0.4 is 5.73 Å². The van der Waals surface area contributed by atoms with Gasteiger partial charge < -0.3 is 10.5 Å².